The van der Waals surface area contributed by atoms with Crippen molar-refractivity contribution in [3.63, 3.8) is 0 Å². The monoisotopic (exact) mass is 429 g/mol. The predicted octanol–water partition coefficient (Wildman–Crippen LogP) is 4.58. The highest BCUT2D eigenvalue weighted by atomic mass is 32.1. The number of nitrogens with one attached hydrogen (secondary N) is 1. The molecule has 5 rings (SSSR count). The molecule has 2 unspecified atom stereocenters. The molecule has 2 atom stereocenters. The van der Waals surface area contributed by atoms with Crippen LogP contribution in [0.3, 0.4) is 0 Å². The molecule has 7 heteroatoms. The smallest absolute Gasteiger partial charge is 0.170 e. The molecule has 4 heterocycles. The van der Waals surface area contributed by atoms with E-state index < -0.39 is 0 Å². The standard InChI is InChI=1S/C24H20FN5S/c25-18-9-1-2-11-20(18)29-15-7-12-21(29)23-22(19-10-4-6-14-27-19)28-24(31)30(23)16-17-8-3-5-13-26-17/h1-15,22-23H,16H2,(H,28,31). The molecule has 31 heavy (non-hydrogen) atoms. The van der Waals surface area contributed by atoms with E-state index in [1.54, 1.807) is 24.5 Å². The highest BCUT2D eigenvalue weighted by Gasteiger charge is 2.41. The van der Waals surface area contributed by atoms with Crippen LogP contribution in [0, 0.1) is 5.82 Å². The maximum atomic E-state index is 14.7. The largest absolute Gasteiger partial charge is 0.352 e. The number of rotatable bonds is 5. The predicted molar refractivity (Wildman–Crippen MR) is 121 cm³/mol. The van der Waals surface area contributed by atoms with Crippen LogP contribution in [0.25, 0.3) is 5.69 Å². The van der Waals surface area contributed by atoms with Crippen molar-refractivity contribution in [2.24, 2.45) is 0 Å². The van der Waals surface area contributed by atoms with Gasteiger partial charge in [0.2, 0.25) is 0 Å². The van der Waals surface area contributed by atoms with Crippen molar-refractivity contribution < 1.29 is 4.39 Å². The van der Waals surface area contributed by atoms with Gasteiger partial charge in [0, 0.05) is 24.3 Å². The number of nitrogens with zero attached hydrogens (tertiary/aromatic N) is 4. The van der Waals surface area contributed by atoms with Crippen LogP contribution in [0.5, 0.6) is 0 Å². The minimum absolute atomic E-state index is 0.183. The van der Waals surface area contributed by atoms with Gasteiger partial charge >= 0.3 is 0 Å². The highest BCUT2D eigenvalue weighted by molar-refractivity contribution is 7.80. The molecule has 0 bridgehead atoms. The third kappa shape index (κ3) is 3.68. The Morgan fingerprint density at radius 1 is 0.903 bits per heavy atom. The first-order valence-electron chi connectivity index (χ1n) is 10.0. The van der Waals surface area contributed by atoms with Gasteiger partial charge in [-0.2, -0.15) is 0 Å². The van der Waals surface area contributed by atoms with E-state index in [4.69, 9.17) is 12.2 Å². The minimum Gasteiger partial charge on any atom is -0.352 e. The Balaban J connectivity index is 1.62. The molecule has 0 radical (unpaired) electrons. The highest BCUT2D eigenvalue weighted by Crippen LogP contribution is 2.40. The van der Waals surface area contributed by atoms with Crippen LogP contribution in [-0.2, 0) is 6.54 Å². The summed E-state index contributed by atoms with van der Waals surface area (Å²) in [5.41, 5.74) is 3.20. The summed E-state index contributed by atoms with van der Waals surface area (Å²) in [6, 6.07) is 22.0. The average Bonchev–Trinajstić information content (AvgIpc) is 3.40. The molecule has 1 saturated heterocycles. The lowest BCUT2D eigenvalue weighted by molar-refractivity contribution is 0.299. The Morgan fingerprint density at radius 2 is 1.68 bits per heavy atom. The van der Waals surface area contributed by atoms with Gasteiger partial charge in [-0.05, 0) is 60.7 Å². The summed E-state index contributed by atoms with van der Waals surface area (Å²) in [4.78, 5) is 11.1. The van der Waals surface area contributed by atoms with Crippen LogP contribution in [0.4, 0.5) is 4.39 Å². The Kier molecular flexibility index (Phi) is 5.18. The molecule has 1 fully saturated rings. The van der Waals surface area contributed by atoms with E-state index in [9.17, 15) is 4.39 Å². The number of para-hydroxylation sites is 1. The number of hydrogen-bond donors (Lipinski definition) is 1. The van der Waals surface area contributed by atoms with Crippen LogP contribution in [-0.4, -0.2) is 24.5 Å². The van der Waals surface area contributed by atoms with Crippen molar-refractivity contribution in [2.75, 3.05) is 0 Å². The van der Waals surface area contributed by atoms with Crippen LogP contribution < -0.4 is 5.32 Å². The lowest BCUT2D eigenvalue weighted by Crippen LogP contribution is -2.30. The van der Waals surface area contributed by atoms with Crippen LogP contribution in [0.1, 0.15) is 29.2 Å². The molecule has 154 valence electrons. The maximum absolute atomic E-state index is 14.7. The SMILES string of the molecule is Fc1ccccc1-n1cccc1C1C(c2ccccn2)NC(=S)N1Cc1ccccn1. The zero-order valence-electron chi connectivity index (χ0n) is 16.6. The van der Waals surface area contributed by atoms with Gasteiger partial charge in [-0.25, -0.2) is 4.39 Å². The van der Waals surface area contributed by atoms with Gasteiger partial charge in [0.15, 0.2) is 5.11 Å². The molecular formula is C24H20FN5S. The number of aromatic nitrogens is 3. The molecule has 4 aromatic rings. The molecule has 5 nitrogen and oxygen atoms in total. The molecule has 1 aliphatic rings. The van der Waals surface area contributed by atoms with E-state index in [-0.39, 0.29) is 17.9 Å². The Morgan fingerprint density at radius 3 is 2.42 bits per heavy atom. The van der Waals surface area contributed by atoms with Crippen molar-refractivity contribution in [3.8, 4) is 5.69 Å². The van der Waals surface area contributed by atoms with Gasteiger partial charge in [0.05, 0.1) is 35.7 Å². The molecule has 0 spiro atoms. The fraction of sp³-hybridized carbons (Fsp3) is 0.125. The van der Waals surface area contributed by atoms with Gasteiger partial charge < -0.3 is 14.8 Å². The maximum Gasteiger partial charge on any atom is 0.170 e. The van der Waals surface area contributed by atoms with Crippen molar-refractivity contribution in [1.82, 2.24) is 24.8 Å². The van der Waals surface area contributed by atoms with Crippen LogP contribution >= 0.6 is 12.2 Å². The summed E-state index contributed by atoms with van der Waals surface area (Å²) >= 11 is 5.73. The van der Waals surface area contributed by atoms with Gasteiger partial charge in [-0.1, -0.05) is 24.3 Å². The number of thiocarbonyl (C=S) groups is 1. The fourth-order valence-corrected chi connectivity index (χ4v) is 4.37. The third-order valence-electron chi connectivity index (χ3n) is 5.45. The normalized spacial score (nSPS) is 18.2. The lowest BCUT2D eigenvalue weighted by Gasteiger charge is -2.28. The van der Waals surface area contributed by atoms with Gasteiger partial charge in [0.25, 0.3) is 0 Å². The summed E-state index contributed by atoms with van der Waals surface area (Å²) in [6.07, 6.45) is 5.42. The zero-order chi connectivity index (χ0) is 21.2. The zero-order valence-corrected chi connectivity index (χ0v) is 17.4. The van der Waals surface area contributed by atoms with E-state index in [2.05, 4.69) is 20.2 Å². The summed E-state index contributed by atoms with van der Waals surface area (Å²) in [5.74, 6) is -0.279. The first-order valence-corrected chi connectivity index (χ1v) is 10.4. The summed E-state index contributed by atoms with van der Waals surface area (Å²) in [5, 5.41) is 4.05. The van der Waals surface area contributed by atoms with E-state index in [0.29, 0.717) is 17.3 Å². The van der Waals surface area contributed by atoms with Crippen molar-refractivity contribution >= 4 is 17.3 Å². The topological polar surface area (TPSA) is 46.0 Å². The quantitative estimate of drug-likeness (QED) is 0.471. The molecular weight excluding hydrogens is 409 g/mol. The van der Waals surface area contributed by atoms with E-state index in [0.717, 1.165) is 17.1 Å². The molecule has 0 amide bonds. The van der Waals surface area contributed by atoms with Crippen molar-refractivity contribution in [2.45, 2.75) is 18.6 Å². The van der Waals surface area contributed by atoms with E-state index in [1.165, 1.54) is 6.07 Å². The minimum atomic E-state index is -0.279. The van der Waals surface area contributed by atoms with Crippen LogP contribution in [0.2, 0.25) is 0 Å². The summed E-state index contributed by atoms with van der Waals surface area (Å²) in [6.45, 7) is 0.531. The molecule has 3 aromatic heterocycles. The fourth-order valence-electron chi connectivity index (χ4n) is 4.07. The second kappa shape index (κ2) is 8.28. The van der Waals surface area contributed by atoms with Gasteiger partial charge in [-0.15, -0.1) is 0 Å². The van der Waals surface area contributed by atoms with Gasteiger partial charge in [-0.3, -0.25) is 9.97 Å². The number of pyridine rings is 2. The average molecular weight is 430 g/mol. The molecule has 1 aromatic carbocycles. The Bertz CT molecular complexity index is 1190. The number of halogens is 1. The van der Waals surface area contributed by atoms with Crippen molar-refractivity contribution in [1.29, 1.82) is 0 Å². The van der Waals surface area contributed by atoms with E-state index >= 15 is 0 Å². The second-order valence-electron chi connectivity index (χ2n) is 7.33. The molecule has 1 N–H and O–H groups in total. The Hall–Kier alpha value is -3.58. The van der Waals surface area contributed by atoms with E-state index in [1.807, 2.05) is 65.4 Å². The Labute approximate surface area is 185 Å². The first-order chi connectivity index (χ1) is 15.2. The first kappa shape index (κ1) is 19.4. The molecule has 0 saturated carbocycles. The molecule has 1 aliphatic heterocycles. The number of hydrogen-bond acceptors (Lipinski definition) is 3. The number of benzene rings is 1. The van der Waals surface area contributed by atoms with Crippen molar-refractivity contribution in [3.05, 3.63) is 114 Å². The molecule has 0 aliphatic carbocycles. The summed E-state index contributed by atoms with van der Waals surface area (Å²) in [7, 11) is 0. The second-order valence-corrected chi connectivity index (χ2v) is 7.72. The van der Waals surface area contributed by atoms with Gasteiger partial charge in [0.1, 0.15) is 5.82 Å². The third-order valence-corrected chi connectivity index (χ3v) is 5.80. The lowest BCUT2D eigenvalue weighted by atomic mass is 10.0. The summed E-state index contributed by atoms with van der Waals surface area (Å²) < 4.78 is 16.5. The van der Waals surface area contributed by atoms with Crippen LogP contribution in [0.15, 0.2) is 91.4 Å².